The second-order valence-electron chi connectivity index (χ2n) is 7.22. The lowest BCUT2D eigenvalue weighted by Crippen LogP contribution is -2.29. The van der Waals surface area contributed by atoms with Gasteiger partial charge in [-0.25, -0.2) is 0 Å². The minimum atomic E-state index is -1.00. The number of benzene rings is 3. The molecule has 166 valence electrons. The molecule has 0 aliphatic carbocycles. The fourth-order valence-corrected chi connectivity index (χ4v) is 3.82. The number of nitro benzene ring substituents is 1. The van der Waals surface area contributed by atoms with Gasteiger partial charge in [0.25, 0.3) is 17.4 Å². The predicted molar refractivity (Wildman–Crippen MR) is 122 cm³/mol. The molecule has 3 aromatic rings. The van der Waals surface area contributed by atoms with Gasteiger partial charge in [-0.3, -0.25) is 24.6 Å². The van der Waals surface area contributed by atoms with E-state index in [9.17, 15) is 24.8 Å². The number of hydrogen-bond acceptors (Lipinski definition) is 6. The number of amides is 1. The molecule has 1 atom stereocenters. The van der Waals surface area contributed by atoms with Gasteiger partial charge < -0.3 is 9.84 Å². The Hall–Kier alpha value is -4.17. The van der Waals surface area contributed by atoms with Crippen molar-refractivity contribution in [3.63, 3.8) is 0 Å². The Bertz CT molecular complexity index is 1270. The molecule has 1 fully saturated rings. The maximum Gasteiger partial charge on any atom is 0.300 e. The molecule has 0 aromatic heterocycles. The first-order valence-corrected chi connectivity index (χ1v) is 10.1. The number of methoxy groups -OCH3 is 1. The molecular formula is C24H17ClN2O6. The second kappa shape index (κ2) is 8.76. The van der Waals surface area contributed by atoms with Gasteiger partial charge in [-0.15, -0.1) is 0 Å². The number of anilines is 1. The predicted octanol–water partition coefficient (Wildman–Crippen LogP) is 4.88. The van der Waals surface area contributed by atoms with E-state index in [0.29, 0.717) is 27.6 Å². The van der Waals surface area contributed by atoms with Crippen LogP contribution >= 0.6 is 11.6 Å². The smallest absolute Gasteiger partial charge is 0.300 e. The largest absolute Gasteiger partial charge is 0.507 e. The SMILES string of the molecule is COc1ccc(N2C(=O)C(=O)/C(=C(/O)c3ccc(Cl)cc3)C2c2ccc([N+](=O)[O-])cc2)cc1. The third kappa shape index (κ3) is 4.04. The number of nitro groups is 1. The second-order valence-corrected chi connectivity index (χ2v) is 7.66. The molecule has 1 unspecified atom stereocenters. The third-order valence-corrected chi connectivity index (χ3v) is 5.58. The van der Waals surface area contributed by atoms with Crippen LogP contribution in [-0.2, 0) is 9.59 Å². The van der Waals surface area contributed by atoms with Gasteiger partial charge in [-0.1, -0.05) is 11.6 Å². The van der Waals surface area contributed by atoms with Crippen molar-refractivity contribution < 1.29 is 24.4 Å². The van der Waals surface area contributed by atoms with Crippen molar-refractivity contribution in [1.82, 2.24) is 0 Å². The van der Waals surface area contributed by atoms with Crippen LogP contribution in [0.3, 0.4) is 0 Å². The van der Waals surface area contributed by atoms with Gasteiger partial charge in [0, 0.05) is 28.4 Å². The average Bonchev–Trinajstić information content (AvgIpc) is 3.09. The average molecular weight is 465 g/mol. The van der Waals surface area contributed by atoms with Gasteiger partial charge in [-0.05, 0) is 66.2 Å². The standard InChI is InChI=1S/C24H17ClN2O6/c1-33-19-12-10-17(11-13-19)26-21(14-4-8-18(9-5-14)27(31)32)20(23(29)24(26)30)22(28)15-2-6-16(25)7-3-15/h2-13,21,28H,1H3/b22-20+. The maximum absolute atomic E-state index is 13.1. The lowest BCUT2D eigenvalue weighted by Gasteiger charge is -2.25. The highest BCUT2D eigenvalue weighted by molar-refractivity contribution is 6.51. The molecule has 0 bridgehead atoms. The summed E-state index contributed by atoms with van der Waals surface area (Å²) in [6.07, 6.45) is 0. The van der Waals surface area contributed by atoms with Crippen molar-refractivity contribution >= 4 is 40.4 Å². The highest BCUT2D eigenvalue weighted by atomic mass is 35.5. The van der Waals surface area contributed by atoms with Crippen LogP contribution in [0, 0.1) is 10.1 Å². The summed E-state index contributed by atoms with van der Waals surface area (Å²) in [6, 6.07) is 17.2. The molecule has 1 N–H and O–H groups in total. The van der Waals surface area contributed by atoms with Crippen LogP contribution in [0.25, 0.3) is 5.76 Å². The maximum atomic E-state index is 13.1. The molecule has 8 nitrogen and oxygen atoms in total. The molecule has 1 aliphatic rings. The Morgan fingerprint density at radius 1 is 1.00 bits per heavy atom. The van der Waals surface area contributed by atoms with Crippen molar-refractivity contribution in [3.05, 3.63) is 105 Å². The Morgan fingerprint density at radius 2 is 1.61 bits per heavy atom. The van der Waals surface area contributed by atoms with E-state index in [0.717, 1.165) is 0 Å². The van der Waals surface area contributed by atoms with E-state index in [4.69, 9.17) is 16.3 Å². The number of aliphatic hydroxyl groups is 1. The summed E-state index contributed by atoms with van der Waals surface area (Å²) in [4.78, 5) is 38.0. The zero-order valence-corrected chi connectivity index (χ0v) is 18.0. The summed E-state index contributed by atoms with van der Waals surface area (Å²) in [7, 11) is 1.50. The molecule has 0 radical (unpaired) electrons. The fraction of sp³-hybridized carbons (Fsp3) is 0.0833. The van der Waals surface area contributed by atoms with Crippen molar-refractivity contribution in [2.45, 2.75) is 6.04 Å². The normalized spacial score (nSPS) is 17.3. The highest BCUT2D eigenvalue weighted by Gasteiger charge is 2.47. The fourth-order valence-electron chi connectivity index (χ4n) is 3.70. The Labute approximate surface area is 193 Å². The first kappa shape index (κ1) is 22.0. The number of hydrogen-bond donors (Lipinski definition) is 1. The van der Waals surface area contributed by atoms with Crippen LogP contribution in [0.5, 0.6) is 5.75 Å². The summed E-state index contributed by atoms with van der Waals surface area (Å²) in [5.74, 6) is -1.52. The van der Waals surface area contributed by atoms with E-state index in [1.54, 1.807) is 36.4 Å². The van der Waals surface area contributed by atoms with E-state index in [-0.39, 0.29) is 17.0 Å². The van der Waals surface area contributed by atoms with E-state index in [1.165, 1.54) is 48.4 Å². The van der Waals surface area contributed by atoms with Gasteiger partial charge in [0.1, 0.15) is 11.5 Å². The monoisotopic (exact) mass is 464 g/mol. The molecule has 1 aliphatic heterocycles. The lowest BCUT2D eigenvalue weighted by atomic mass is 9.95. The summed E-state index contributed by atoms with van der Waals surface area (Å²) in [5.41, 5.74) is 0.853. The van der Waals surface area contributed by atoms with E-state index < -0.39 is 22.7 Å². The molecule has 4 rings (SSSR count). The molecule has 0 spiro atoms. The summed E-state index contributed by atoms with van der Waals surface area (Å²) in [5, 5.41) is 22.6. The van der Waals surface area contributed by atoms with Gasteiger partial charge in [-0.2, -0.15) is 0 Å². The van der Waals surface area contributed by atoms with Crippen LogP contribution in [-0.4, -0.2) is 28.8 Å². The van der Waals surface area contributed by atoms with Crippen molar-refractivity contribution in [2.24, 2.45) is 0 Å². The zero-order chi connectivity index (χ0) is 23.7. The Morgan fingerprint density at radius 3 is 2.15 bits per heavy atom. The van der Waals surface area contributed by atoms with Gasteiger partial charge in [0.15, 0.2) is 0 Å². The van der Waals surface area contributed by atoms with Gasteiger partial charge in [0.05, 0.1) is 23.6 Å². The number of nitrogens with zero attached hydrogens (tertiary/aromatic N) is 2. The minimum Gasteiger partial charge on any atom is -0.507 e. The number of Topliss-reactive ketones (excluding diaryl/α,β-unsaturated/α-hetero) is 1. The van der Waals surface area contributed by atoms with Crippen LogP contribution in [0.15, 0.2) is 78.4 Å². The topological polar surface area (TPSA) is 110 Å². The van der Waals surface area contributed by atoms with Gasteiger partial charge in [0.2, 0.25) is 0 Å². The molecule has 1 amide bonds. The van der Waals surface area contributed by atoms with Crippen LogP contribution in [0.1, 0.15) is 17.2 Å². The van der Waals surface area contributed by atoms with Crippen LogP contribution in [0.4, 0.5) is 11.4 Å². The summed E-state index contributed by atoms with van der Waals surface area (Å²) in [6.45, 7) is 0. The number of carbonyl (C=O) groups excluding carboxylic acids is 2. The van der Waals surface area contributed by atoms with Crippen molar-refractivity contribution in [1.29, 1.82) is 0 Å². The third-order valence-electron chi connectivity index (χ3n) is 5.33. The minimum absolute atomic E-state index is 0.132. The molecule has 1 saturated heterocycles. The van der Waals surface area contributed by atoms with Crippen molar-refractivity contribution in [3.8, 4) is 5.75 Å². The Kier molecular flexibility index (Phi) is 5.85. The number of aliphatic hydroxyl groups excluding tert-OH is 1. The number of ketones is 1. The first-order chi connectivity index (χ1) is 15.8. The number of carbonyl (C=O) groups is 2. The Balaban J connectivity index is 1.91. The number of rotatable bonds is 5. The molecule has 9 heteroatoms. The number of ether oxygens (including phenoxy) is 1. The summed E-state index contributed by atoms with van der Waals surface area (Å²) < 4.78 is 5.16. The van der Waals surface area contributed by atoms with E-state index in [1.807, 2.05) is 0 Å². The quantitative estimate of drug-likeness (QED) is 0.189. The van der Waals surface area contributed by atoms with Crippen LogP contribution in [0.2, 0.25) is 5.02 Å². The molecular weight excluding hydrogens is 448 g/mol. The van der Waals surface area contributed by atoms with Crippen LogP contribution < -0.4 is 9.64 Å². The van der Waals surface area contributed by atoms with Gasteiger partial charge >= 0.3 is 0 Å². The number of non-ortho nitro benzene ring substituents is 1. The molecule has 33 heavy (non-hydrogen) atoms. The van der Waals surface area contributed by atoms with E-state index in [2.05, 4.69) is 0 Å². The first-order valence-electron chi connectivity index (χ1n) is 9.77. The highest BCUT2D eigenvalue weighted by Crippen LogP contribution is 2.42. The van der Waals surface area contributed by atoms with E-state index >= 15 is 0 Å². The molecule has 0 saturated carbocycles. The van der Waals surface area contributed by atoms with Crippen molar-refractivity contribution in [2.75, 3.05) is 12.0 Å². The zero-order valence-electron chi connectivity index (χ0n) is 17.3. The molecule has 1 heterocycles. The lowest BCUT2D eigenvalue weighted by molar-refractivity contribution is -0.384. The molecule has 3 aromatic carbocycles. The summed E-state index contributed by atoms with van der Waals surface area (Å²) >= 11 is 5.93. The number of halogens is 1.